The zero-order valence-corrected chi connectivity index (χ0v) is 7.27. The molecule has 1 heterocycles. The number of hydrogen-bond donors (Lipinski definition) is 2. The lowest BCUT2D eigenvalue weighted by Gasteiger charge is -2.03. The highest BCUT2D eigenvalue weighted by Gasteiger charge is 2.08. The molecule has 0 aromatic carbocycles. The number of thiazole rings is 1. The molecule has 0 radical (unpaired) electrons. The third-order valence-electron chi connectivity index (χ3n) is 1.41. The quantitative estimate of drug-likeness (QED) is 0.710. The van der Waals surface area contributed by atoms with Crippen LogP contribution in [0.1, 0.15) is 22.4 Å². The summed E-state index contributed by atoms with van der Waals surface area (Å²) in [6.07, 6.45) is 1.90. The number of aromatic nitrogens is 1. The standard InChI is InChI=1S/C7H12N2OS/c1-5-9-4-7(11-5)6(10)2-3-8/h4,6,10H,2-3,8H2,1H3/t6-/m1/s1. The highest BCUT2D eigenvalue weighted by atomic mass is 32.1. The molecule has 0 fully saturated rings. The van der Waals surface area contributed by atoms with E-state index in [1.165, 1.54) is 11.3 Å². The van der Waals surface area contributed by atoms with Crippen LogP contribution in [0.2, 0.25) is 0 Å². The van der Waals surface area contributed by atoms with E-state index in [1.54, 1.807) is 6.20 Å². The van der Waals surface area contributed by atoms with Crippen molar-refractivity contribution in [3.63, 3.8) is 0 Å². The Bertz CT molecular complexity index is 224. The first kappa shape index (κ1) is 8.64. The minimum atomic E-state index is -0.425. The Kier molecular flexibility index (Phi) is 2.99. The molecule has 0 aliphatic rings. The molecule has 4 heteroatoms. The van der Waals surface area contributed by atoms with Crippen molar-refractivity contribution in [3.8, 4) is 0 Å². The van der Waals surface area contributed by atoms with Crippen LogP contribution in [0.3, 0.4) is 0 Å². The number of nitrogens with two attached hydrogens (primary N) is 1. The van der Waals surface area contributed by atoms with E-state index < -0.39 is 6.10 Å². The van der Waals surface area contributed by atoms with Gasteiger partial charge in [-0.05, 0) is 19.9 Å². The van der Waals surface area contributed by atoms with Crippen molar-refractivity contribution >= 4 is 11.3 Å². The van der Waals surface area contributed by atoms with E-state index >= 15 is 0 Å². The number of aryl methyl sites for hydroxylation is 1. The molecule has 11 heavy (non-hydrogen) atoms. The molecule has 3 nitrogen and oxygen atoms in total. The summed E-state index contributed by atoms with van der Waals surface area (Å²) in [7, 11) is 0. The molecule has 1 atom stereocenters. The van der Waals surface area contributed by atoms with Crippen molar-refractivity contribution in [2.75, 3.05) is 6.54 Å². The Morgan fingerprint density at radius 2 is 2.55 bits per heavy atom. The maximum absolute atomic E-state index is 9.42. The molecule has 0 saturated carbocycles. The first-order chi connectivity index (χ1) is 5.24. The average molecular weight is 172 g/mol. The first-order valence-corrected chi connectivity index (χ1v) is 4.36. The summed E-state index contributed by atoms with van der Waals surface area (Å²) in [4.78, 5) is 4.95. The van der Waals surface area contributed by atoms with Crippen LogP contribution in [-0.4, -0.2) is 16.6 Å². The Hall–Kier alpha value is -0.450. The van der Waals surface area contributed by atoms with Crippen molar-refractivity contribution in [2.24, 2.45) is 5.73 Å². The number of aliphatic hydroxyl groups is 1. The van der Waals surface area contributed by atoms with E-state index in [-0.39, 0.29) is 0 Å². The fourth-order valence-corrected chi connectivity index (χ4v) is 1.64. The van der Waals surface area contributed by atoms with E-state index in [0.29, 0.717) is 13.0 Å². The summed E-state index contributed by atoms with van der Waals surface area (Å²) in [6, 6.07) is 0. The van der Waals surface area contributed by atoms with Gasteiger partial charge < -0.3 is 10.8 Å². The average Bonchev–Trinajstić information content (AvgIpc) is 2.36. The molecule has 1 rings (SSSR count). The van der Waals surface area contributed by atoms with Crippen LogP contribution in [0.15, 0.2) is 6.20 Å². The van der Waals surface area contributed by atoms with Crippen LogP contribution in [0.25, 0.3) is 0 Å². The molecule has 0 aliphatic carbocycles. The lowest BCUT2D eigenvalue weighted by Crippen LogP contribution is -2.05. The van der Waals surface area contributed by atoms with Crippen LogP contribution in [0.4, 0.5) is 0 Å². The number of hydrogen-bond acceptors (Lipinski definition) is 4. The minimum absolute atomic E-state index is 0.425. The molecule has 3 N–H and O–H groups in total. The third-order valence-corrected chi connectivity index (χ3v) is 2.42. The van der Waals surface area contributed by atoms with Gasteiger partial charge in [-0.1, -0.05) is 0 Å². The predicted molar refractivity (Wildman–Crippen MR) is 45.5 cm³/mol. The largest absolute Gasteiger partial charge is 0.387 e. The number of aliphatic hydroxyl groups excluding tert-OH is 1. The van der Waals surface area contributed by atoms with Crippen LogP contribution in [0, 0.1) is 6.92 Å². The van der Waals surface area contributed by atoms with Crippen LogP contribution >= 0.6 is 11.3 Å². The fourth-order valence-electron chi connectivity index (χ4n) is 0.832. The second-order valence-corrected chi connectivity index (χ2v) is 3.64. The van der Waals surface area contributed by atoms with E-state index in [0.717, 1.165) is 9.88 Å². The molecule has 0 unspecified atom stereocenters. The van der Waals surface area contributed by atoms with E-state index in [9.17, 15) is 5.11 Å². The molecular weight excluding hydrogens is 160 g/mol. The molecule has 0 bridgehead atoms. The summed E-state index contributed by atoms with van der Waals surface area (Å²) >= 11 is 1.52. The second kappa shape index (κ2) is 3.80. The van der Waals surface area contributed by atoms with Crippen LogP contribution in [-0.2, 0) is 0 Å². The van der Waals surface area contributed by atoms with Gasteiger partial charge in [0.05, 0.1) is 16.0 Å². The van der Waals surface area contributed by atoms with E-state index in [1.807, 2.05) is 6.92 Å². The predicted octanol–water partition coefficient (Wildman–Crippen LogP) is 0.834. The van der Waals surface area contributed by atoms with Crippen molar-refractivity contribution in [3.05, 3.63) is 16.1 Å². The van der Waals surface area contributed by atoms with Crippen molar-refractivity contribution < 1.29 is 5.11 Å². The van der Waals surface area contributed by atoms with Gasteiger partial charge in [-0.25, -0.2) is 4.98 Å². The molecule has 62 valence electrons. The Labute approximate surface area is 69.9 Å². The van der Waals surface area contributed by atoms with Gasteiger partial charge in [0, 0.05) is 6.20 Å². The topological polar surface area (TPSA) is 59.1 Å². The highest BCUT2D eigenvalue weighted by molar-refractivity contribution is 7.11. The SMILES string of the molecule is Cc1ncc([C@H](O)CCN)s1. The van der Waals surface area contributed by atoms with Gasteiger partial charge in [0.25, 0.3) is 0 Å². The maximum atomic E-state index is 9.42. The minimum Gasteiger partial charge on any atom is -0.387 e. The lowest BCUT2D eigenvalue weighted by molar-refractivity contribution is 0.174. The summed E-state index contributed by atoms with van der Waals surface area (Å²) < 4.78 is 0. The molecule has 1 aromatic rings. The number of rotatable bonds is 3. The third kappa shape index (κ3) is 2.25. The van der Waals surface area contributed by atoms with Crippen molar-refractivity contribution in [2.45, 2.75) is 19.4 Å². The molecule has 0 saturated heterocycles. The van der Waals surface area contributed by atoms with Gasteiger partial charge in [0.1, 0.15) is 0 Å². The van der Waals surface area contributed by atoms with Gasteiger partial charge in [-0.2, -0.15) is 0 Å². The zero-order valence-electron chi connectivity index (χ0n) is 6.45. The Morgan fingerprint density at radius 1 is 1.82 bits per heavy atom. The second-order valence-electron chi connectivity index (χ2n) is 2.37. The molecular formula is C7H12N2OS. The Balaban J connectivity index is 2.60. The van der Waals surface area contributed by atoms with Crippen LogP contribution < -0.4 is 5.73 Å². The van der Waals surface area contributed by atoms with E-state index in [4.69, 9.17) is 5.73 Å². The van der Waals surface area contributed by atoms with Crippen LogP contribution in [0.5, 0.6) is 0 Å². The summed E-state index contributed by atoms with van der Waals surface area (Å²) in [6.45, 7) is 2.43. The van der Waals surface area contributed by atoms with Gasteiger partial charge >= 0.3 is 0 Å². The molecule has 0 spiro atoms. The smallest absolute Gasteiger partial charge is 0.0910 e. The van der Waals surface area contributed by atoms with Gasteiger partial charge in [-0.3, -0.25) is 0 Å². The monoisotopic (exact) mass is 172 g/mol. The maximum Gasteiger partial charge on any atom is 0.0910 e. The molecule has 0 aliphatic heterocycles. The van der Waals surface area contributed by atoms with Crippen molar-refractivity contribution in [1.82, 2.24) is 4.98 Å². The molecule has 1 aromatic heterocycles. The summed E-state index contributed by atoms with van der Waals surface area (Å²) in [5.74, 6) is 0. The summed E-state index contributed by atoms with van der Waals surface area (Å²) in [5, 5.41) is 10.4. The highest BCUT2D eigenvalue weighted by Crippen LogP contribution is 2.21. The normalized spacial score (nSPS) is 13.4. The molecule has 0 amide bonds. The summed E-state index contributed by atoms with van der Waals surface area (Å²) in [5.41, 5.74) is 5.30. The lowest BCUT2D eigenvalue weighted by atomic mass is 10.2. The fraction of sp³-hybridized carbons (Fsp3) is 0.571. The van der Waals surface area contributed by atoms with Gasteiger partial charge in [0.2, 0.25) is 0 Å². The van der Waals surface area contributed by atoms with E-state index in [2.05, 4.69) is 4.98 Å². The van der Waals surface area contributed by atoms with Crippen molar-refractivity contribution in [1.29, 1.82) is 0 Å². The number of nitrogens with zero attached hydrogens (tertiary/aromatic N) is 1. The van der Waals surface area contributed by atoms with Gasteiger partial charge in [0.15, 0.2) is 0 Å². The zero-order chi connectivity index (χ0) is 8.27. The Morgan fingerprint density at radius 3 is 3.00 bits per heavy atom. The first-order valence-electron chi connectivity index (χ1n) is 3.54. The van der Waals surface area contributed by atoms with Gasteiger partial charge in [-0.15, -0.1) is 11.3 Å².